The Labute approximate surface area is 85.0 Å². The maximum absolute atomic E-state index is 6.38. The molecule has 13 heavy (non-hydrogen) atoms. The molecule has 0 aliphatic heterocycles. The first-order chi connectivity index (χ1) is 6.00. The van der Waals surface area contributed by atoms with Gasteiger partial charge in [0.2, 0.25) is 0 Å². The summed E-state index contributed by atoms with van der Waals surface area (Å²) in [6.07, 6.45) is 1.00. The Morgan fingerprint density at radius 3 is 2.46 bits per heavy atom. The monoisotopic (exact) mass is 197 g/mol. The molecule has 1 unspecified atom stereocenters. The van der Waals surface area contributed by atoms with Gasteiger partial charge in [0.05, 0.1) is 0 Å². The van der Waals surface area contributed by atoms with E-state index in [2.05, 4.69) is 39.1 Å². The largest absolute Gasteiger partial charge is 0.321 e. The lowest BCUT2D eigenvalue weighted by molar-refractivity contribution is 0.307. The Balaban J connectivity index is 3.02. The second-order valence-electron chi connectivity index (χ2n) is 3.99. The number of hydrogen-bond acceptors (Lipinski definition) is 2. The van der Waals surface area contributed by atoms with Gasteiger partial charge in [0, 0.05) is 10.4 Å². The summed E-state index contributed by atoms with van der Waals surface area (Å²) in [4.78, 5) is 1.35. The van der Waals surface area contributed by atoms with Gasteiger partial charge in [-0.2, -0.15) is 0 Å². The molecule has 0 saturated carbocycles. The highest BCUT2D eigenvalue weighted by Crippen LogP contribution is 2.32. The van der Waals surface area contributed by atoms with E-state index in [9.17, 15) is 0 Å². The Hall–Kier alpha value is -0.340. The minimum Gasteiger partial charge on any atom is -0.321 e. The summed E-state index contributed by atoms with van der Waals surface area (Å²) in [7, 11) is 0. The summed E-state index contributed by atoms with van der Waals surface area (Å²) in [6, 6.07) is 2.22. The Kier molecular flexibility index (Phi) is 3.14. The predicted molar refractivity (Wildman–Crippen MR) is 60.1 cm³/mol. The quantitative estimate of drug-likeness (QED) is 0.790. The zero-order valence-electron chi connectivity index (χ0n) is 8.92. The Morgan fingerprint density at radius 2 is 2.15 bits per heavy atom. The van der Waals surface area contributed by atoms with Crippen LogP contribution < -0.4 is 5.73 Å². The molecule has 0 amide bonds. The van der Waals surface area contributed by atoms with Crippen LogP contribution in [0.3, 0.4) is 0 Å². The maximum Gasteiger partial charge on any atom is 0.0438 e. The van der Waals surface area contributed by atoms with E-state index in [1.807, 2.05) is 0 Å². The van der Waals surface area contributed by atoms with Crippen molar-refractivity contribution in [2.75, 3.05) is 0 Å². The molecule has 1 nitrogen and oxygen atoms in total. The van der Waals surface area contributed by atoms with Gasteiger partial charge in [-0.05, 0) is 36.3 Å². The van der Waals surface area contributed by atoms with Gasteiger partial charge in [-0.25, -0.2) is 0 Å². The van der Waals surface area contributed by atoms with Gasteiger partial charge >= 0.3 is 0 Å². The molecule has 1 rings (SSSR count). The van der Waals surface area contributed by atoms with E-state index in [0.29, 0.717) is 5.92 Å². The van der Waals surface area contributed by atoms with Gasteiger partial charge in [-0.3, -0.25) is 0 Å². The lowest BCUT2D eigenvalue weighted by atomic mass is 9.80. The minimum atomic E-state index is -0.134. The molecule has 0 spiro atoms. The standard InChI is InChI=1S/C11H19NS/c1-5-11(12,8(2)3)10-6-9(4)13-7-10/h6-8H,5,12H2,1-4H3. The molecule has 0 aliphatic rings. The van der Waals surface area contributed by atoms with Gasteiger partial charge in [-0.15, -0.1) is 11.3 Å². The topological polar surface area (TPSA) is 26.0 Å². The molecular formula is C11H19NS. The van der Waals surface area contributed by atoms with Gasteiger partial charge < -0.3 is 5.73 Å². The van der Waals surface area contributed by atoms with Crippen molar-refractivity contribution in [1.82, 2.24) is 0 Å². The van der Waals surface area contributed by atoms with Crippen molar-refractivity contribution >= 4 is 11.3 Å². The lowest BCUT2D eigenvalue weighted by Gasteiger charge is -2.32. The van der Waals surface area contributed by atoms with Crippen molar-refractivity contribution in [1.29, 1.82) is 0 Å². The number of aryl methyl sites for hydroxylation is 1. The van der Waals surface area contributed by atoms with E-state index < -0.39 is 0 Å². The van der Waals surface area contributed by atoms with Gasteiger partial charge in [-0.1, -0.05) is 20.8 Å². The maximum atomic E-state index is 6.38. The highest BCUT2D eigenvalue weighted by atomic mass is 32.1. The smallest absolute Gasteiger partial charge is 0.0438 e. The van der Waals surface area contributed by atoms with Crippen LogP contribution in [0.15, 0.2) is 11.4 Å². The van der Waals surface area contributed by atoms with Gasteiger partial charge in [0.15, 0.2) is 0 Å². The normalized spacial score (nSPS) is 16.2. The van der Waals surface area contributed by atoms with Crippen LogP contribution in [0.2, 0.25) is 0 Å². The molecular weight excluding hydrogens is 178 g/mol. The average molecular weight is 197 g/mol. The number of rotatable bonds is 3. The van der Waals surface area contributed by atoms with Crippen LogP contribution >= 0.6 is 11.3 Å². The molecule has 2 heteroatoms. The Morgan fingerprint density at radius 1 is 1.54 bits per heavy atom. The predicted octanol–water partition coefficient (Wildman–Crippen LogP) is 3.28. The molecule has 74 valence electrons. The van der Waals surface area contributed by atoms with Crippen LogP contribution in [-0.2, 0) is 5.54 Å². The first-order valence-electron chi connectivity index (χ1n) is 4.85. The zero-order chi connectivity index (χ0) is 10.1. The first kappa shape index (κ1) is 10.7. The molecule has 1 aromatic rings. The first-order valence-corrected chi connectivity index (χ1v) is 5.73. The minimum absolute atomic E-state index is 0.134. The molecule has 0 fully saturated rings. The highest BCUT2D eigenvalue weighted by molar-refractivity contribution is 7.10. The lowest BCUT2D eigenvalue weighted by Crippen LogP contribution is -2.40. The summed E-state index contributed by atoms with van der Waals surface area (Å²) in [5.41, 5.74) is 7.55. The van der Waals surface area contributed by atoms with Crippen molar-refractivity contribution < 1.29 is 0 Å². The SMILES string of the molecule is CCC(N)(c1csc(C)c1)C(C)C. The molecule has 0 bridgehead atoms. The van der Waals surface area contributed by atoms with E-state index >= 15 is 0 Å². The molecule has 1 aromatic heterocycles. The highest BCUT2D eigenvalue weighted by Gasteiger charge is 2.29. The summed E-state index contributed by atoms with van der Waals surface area (Å²) in [5.74, 6) is 0.492. The van der Waals surface area contributed by atoms with Crippen molar-refractivity contribution in [3.05, 3.63) is 21.9 Å². The third-order valence-corrected chi connectivity index (χ3v) is 3.74. The fraction of sp³-hybridized carbons (Fsp3) is 0.636. The number of nitrogens with two attached hydrogens (primary N) is 1. The summed E-state index contributed by atoms with van der Waals surface area (Å²) in [5, 5.41) is 2.19. The van der Waals surface area contributed by atoms with Crippen molar-refractivity contribution in [3.8, 4) is 0 Å². The summed E-state index contributed by atoms with van der Waals surface area (Å²) in [6.45, 7) is 8.67. The van der Waals surface area contributed by atoms with Crippen LogP contribution in [0, 0.1) is 12.8 Å². The molecule has 1 heterocycles. The van der Waals surface area contributed by atoms with Crippen LogP contribution in [0.5, 0.6) is 0 Å². The van der Waals surface area contributed by atoms with E-state index in [4.69, 9.17) is 5.73 Å². The molecule has 1 atom stereocenters. The van der Waals surface area contributed by atoms with E-state index in [1.165, 1.54) is 10.4 Å². The van der Waals surface area contributed by atoms with Crippen LogP contribution in [0.25, 0.3) is 0 Å². The van der Waals surface area contributed by atoms with E-state index in [-0.39, 0.29) is 5.54 Å². The van der Waals surface area contributed by atoms with Gasteiger partial charge in [0.1, 0.15) is 0 Å². The average Bonchev–Trinajstić information content (AvgIpc) is 2.50. The molecule has 2 N–H and O–H groups in total. The third-order valence-electron chi connectivity index (χ3n) is 2.88. The second kappa shape index (κ2) is 3.81. The van der Waals surface area contributed by atoms with Crippen molar-refractivity contribution in [3.63, 3.8) is 0 Å². The number of hydrogen-bond donors (Lipinski definition) is 1. The van der Waals surface area contributed by atoms with Gasteiger partial charge in [0.25, 0.3) is 0 Å². The third kappa shape index (κ3) is 1.94. The molecule has 0 aromatic carbocycles. The van der Waals surface area contributed by atoms with Crippen LogP contribution in [0.4, 0.5) is 0 Å². The van der Waals surface area contributed by atoms with E-state index in [0.717, 1.165) is 6.42 Å². The van der Waals surface area contributed by atoms with Crippen molar-refractivity contribution in [2.45, 2.75) is 39.7 Å². The fourth-order valence-corrected chi connectivity index (χ4v) is 2.43. The summed E-state index contributed by atoms with van der Waals surface area (Å²) >= 11 is 1.78. The fourth-order valence-electron chi connectivity index (χ4n) is 1.63. The molecule has 0 radical (unpaired) electrons. The Bertz CT molecular complexity index is 277. The summed E-state index contributed by atoms with van der Waals surface area (Å²) < 4.78 is 0. The second-order valence-corrected chi connectivity index (χ2v) is 5.11. The van der Waals surface area contributed by atoms with Crippen LogP contribution in [-0.4, -0.2) is 0 Å². The van der Waals surface area contributed by atoms with E-state index in [1.54, 1.807) is 11.3 Å². The molecule has 0 saturated heterocycles. The number of thiophene rings is 1. The molecule has 0 aliphatic carbocycles. The van der Waals surface area contributed by atoms with Crippen LogP contribution in [0.1, 0.15) is 37.6 Å². The zero-order valence-corrected chi connectivity index (χ0v) is 9.74. The van der Waals surface area contributed by atoms with Crippen molar-refractivity contribution in [2.24, 2.45) is 11.7 Å².